The number of benzene rings is 1. The summed E-state index contributed by atoms with van der Waals surface area (Å²) in [5, 5.41) is 8.81. The molecule has 0 fully saturated rings. The SMILES string of the molecule is CCc1ccc(OC)c(-c2ccnc(CC(=O)O)n2)c1. The van der Waals surface area contributed by atoms with Gasteiger partial charge in [0.25, 0.3) is 0 Å². The Morgan fingerprint density at radius 2 is 2.15 bits per heavy atom. The molecule has 104 valence electrons. The van der Waals surface area contributed by atoms with Crippen LogP contribution in [0.1, 0.15) is 18.3 Å². The fourth-order valence-electron chi connectivity index (χ4n) is 1.94. The molecule has 0 spiro atoms. The summed E-state index contributed by atoms with van der Waals surface area (Å²) in [5.74, 6) is 0.0533. The molecule has 0 amide bonds. The summed E-state index contributed by atoms with van der Waals surface area (Å²) < 4.78 is 5.34. The summed E-state index contributed by atoms with van der Waals surface area (Å²) >= 11 is 0. The molecule has 0 unspecified atom stereocenters. The molecule has 5 heteroatoms. The quantitative estimate of drug-likeness (QED) is 0.904. The third-order valence-corrected chi connectivity index (χ3v) is 2.96. The van der Waals surface area contributed by atoms with E-state index in [1.165, 1.54) is 5.56 Å². The first-order valence-electron chi connectivity index (χ1n) is 6.35. The lowest BCUT2D eigenvalue weighted by Gasteiger charge is -2.10. The number of aromatic nitrogens is 2. The monoisotopic (exact) mass is 272 g/mol. The highest BCUT2D eigenvalue weighted by atomic mass is 16.5. The maximum absolute atomic E-state index is 10.7. The Morgan fingerprint density at radius 3 is 2.80 bits per heavy atom. The standard InChI is InChI=1S/C15H16N2O3/c1-3-10-4-5-13(20-2)11(8-10)12-6-7-16-14(17-12)9-15(18)19/h4-8H,3,9H2,1-2H3,(H,18,19). The molecule has 0 radical (unpaired) electrons. The Bertz CT molecular complexity index is 626. The molecule has 0 bridgehead atoms. The predicted molar refractivity (Wildman–Crippen MR) is 74.7 cm³/mol. The Labute approximate surface area is 117 Å². The number of carboxylic acids is 1. The fraction of sp³-hybridized carbons (Fsp3) is 0.267. The van der Waals surface area contributed by atoms with Gasteiger partial charge in [-0.3, -0.25) is 4.79 Å². The molecule has 0 saturated heterocycles. The van der Waals surface area contributed by atoms with Crippen LogP contribution in [0.4, 0.5) is 0 Å². The van der Waals surface area contributed by atoms with Crippen LogP contribution >= 0.6 is 0 Å². The van der Waals surface area contributed by atoms with Gasteiger partial charge in [0.1, 0.15) is 18.0 Å². The average molecular weight is 272 g/mol. The van der Waals surface area contributed by atoms with Crippen LogP contribution in [0.25, 0.3) is 11.3 Å². The molecular weight excluding hydrogens is 256 g/mol. The van der Waals surface area contributed by atoms with Crippen LogP contribution in [0.15, 0.2) is 30.5 Å². The molecule has 2 rings (SSSR count). The molecule has 5 nitrogen and oxygen atoms in total. The molecule has 0 saturated carbocycles. The average Bonchev–Trinajstić information content (AvgIpc) is 2.46. The van der Waals surface area contributed by atoms with Crippen LogP contribution in [0, 0.1) is 0 Å². The van der Waals surface area contributed by atoms with Crippen molar-refractivity contribution >= 4 is 5.97 Å². The zero-order chi connectivity index (χ0) is 14.5. The summed E-state index contributed by atoms with van der Waals surface area (Å²) in [7, 11) is 1.60. The number of aryl methyl sites for hydroxylation is 1. The van der Waals surface area contributed by atoms with E-state index < -0.39 is 5.97 Å². The number of methoxy groups -OCH3 is 1. The highest BCUT2D eigenvalue weighted by Gasteiger charge is 2.10. The first-order valence-corrected chi connectivity index (χ1v) is 6.35. The van der Waals surface area contributed by atoms with Crippen molar-refractivity contribution in [1.82, 2.24) is 9.97 Å². The Hall–Kier alpha value is -2.43. The van der Waals surface area contributed by atoms with Crippen LogP contribution < -0.4 is 4.74 Å². The minimum Gasteiger partial charge on any atom is -0.496 e. The number of aliphatic carboxylic acids is 1. The van der Waals surface area contributed by atoms with Gasteiger partial charge in [-0.15, -0.1) is 0 Å². The van der Waals surface area contributed by atoms with Crippen LogP contribution in [0.5, 0.6) is 5.75 Å². The number of carbonyl (C=O) groups is 1. The summed E-state index contributed by atoms with van der Waals surface area (Å²) in [5.41, 5.74) is 2.68. The fourth-order valence-corrected chi connectivity index (χ4v) is 1.94. The summed E-state index contributed by atoms with van der Waals surface area (Å²) in [6.07, 6.45) is 2.28. The van der Waals surface area contributed by atoms with E-state index in [1.807, 2.05) is 18.2 Å². The van der Waals surface area contributed by atoms with Gasteiger partial charge in [0.15, 0.2) is 0 Å². The van der Waals surface area contributed by atoms with Crippen LogP contribution in [0.2, 0.25) is 0 Å². The minimum absolute atomic E-state index is 0.191. The molecule has 20 heavy (non-hydrogen) atoms. The van der Waals surface area contributed by atoms with Gasteiger partial charge in [0.2, 0.25) is 0 Å². The number of rotatable bonds is 5. The molecule has 0 aliphatic carbocycles. The van der Waals surface area contributed by atoms with E-state index in [-0.39, 0.29) is 6.42 Å². The van der Waals surface area contributed by atoms with Crippen molar-refractivity contribution in [3.05, 3.63) is 41.9 Å². The molecule has 1 aromatic carbocycles. The Balaban J connectivity index is 2.46. The van der Waals surface area contributed by atoms with Gasteiger partial charge in [-0.05, 0) is 30.2 Å². The van der Waals surface area contributed by atoms with Crippen molar-refractivity contribution in [3.63, 3.8) is 0 Å². The zero-order valence-corrected chi connectivity index (χ0v) is 11.5. The van der Waals surface area contributed by atoms with E-state index >= 15 is 0 Å². The van der Waals surface area contributed by atoms with Crippen LogP contribution in [-0.4, -0.2) is 28.2 Å². The second kappa shape index (κ2) is 6.14. The molecule has 0 atom stereocenters. The summed E-state index contributed by atoms with van der Waals surface area (Å²) in [6, 6.07) is 7.66. The zero-order valence-electron chi connectivity index (χ0n) is 11.5. The van der Waals surface area contributed by atoms with Gasteiger partial charge in [-0.2, -0.15) is 0 Å². The van der Waals surface area contributed by atoms with Crippen molar-refractivity contribution in [2.45, 2.75) is 19.8 Å². The van der Waals surface area contributed by atoms with Crippen molar-refractivity contribution in [3.8, 4) is 17.0 Å². The van der Waals surface area contributed by atoms with Crippen LogP contribution in [-0.2, 0) is 17.6 Å². The molecular formula is C15H16N2O3. The summed E-state index contributed by atoms with van der Waals surface area (Å²) in [6.45, 7) is 2.07. The van der Waals surface area contributed by atoms with Crippen molar-refractivity contribution < 1.29 is 14.6 Å². The maximum atomic E-state index is 10.7. The number of carboxylic acid groups (broad SMARTS) is 1. The lowest BCUT2D eigenvalue weighted by Crippen LogP contribution is -2.05. The topological polar surface area (TPSA) is 72.3 Å². The van der Waals surface area contributed by atoms with Gasteiger partial charge in [-0.1, -0.05) is 13.0 Å². The Morgan fingerprint density at radius 1 is 1.35 bits per heavy atom. The van der Waals surface area contributed by atoms with Gasteiger partial charge >= 0.3 is 5.97 Å². The number of hydrogen-bond acceptors (Lipinski definition) is 4. The molecule has 1 heterocycles. The van der Waals surface area contributed by atoms with Crippen molar-refractivity contribution in [2.24, 2.45) is 0 Å². The third-order valence-electron chi connectivity index (χ3n) is 2.96. The smallest absolute Gasteiger partial charge is 0.311 e. The molecule has 2 aromatic rings. The lowest BCUT2D eigenvalue weighted by molar-refractivity contribution is -0.136. The van der Waals surface area contributed by atoms with Gasteiger partial charge in [-0.25, -0.2) is 9.97 Å². The third kappa shape index (κ3) is 3.12. The first-order chi connectivity index (χ1) is 9.63. The second-order valence-corrected chi connectivity index (χ2v) is 4.32. The minimum atomic E-state index is -0.948. The highest BCUT2D eigenvalue weighted by Crippen LogP contribution is 2.29. The molecule has 0 aliphatic rings. The predicted octanol–water partition coefficient (Wildman–Crippen LogP) is 2.34. The maximum Gasteiger partial charge on any atom is 0.311 e. The van der Waals surface area contributed by atoms with Gasteiger partial charge in [0.05, 0.1) is 12.8 Å². The van der Waals surface area contributed by atoms with E-state index in [0.29, 0.717) is 17.3 Å². The second-order valence-electron chi connectivity index (χ2n) is 4.32. The highest BCUT2D eigenvalue weighted by molar-refractivity contribution is 5.70. The number of ether oxygens (including phenoxy) is 1. The van der Waals surface area contributed by atoms with Crippen molar-refractivity contribution in [1.29, 1.82) is 0 Å². The number of hydrogen-bond donors (Lipinski definition) is 1. The van der Waals surface area contributed by atoms with Crippen molar-refractivity contribution in [2.75, 3.05) is 7.11 Å². The van der Waals surface area contributed by atoms with E-state index in [4.69, 9.17) is 9.84 Å². The summed E-state index contributed by atoms with van der Waals surface area (Å²) in [4.78, 5) is 19.0. The normalized spacial score (nSPS) is 10.3. The number of nitrogens with zero attached hydrogens (tertiary/aromatic N) is 2. The Kier molecular flexibility index (Phi) is 4.30. The van der Waals surface area contributed by atoms with E-state index in [0.717, 1.165) is 12.0 Å². The first kappa shape index (κ1) is 14.0. The van der Waals surface area contributed by atoms with E-state index in [1.54, 1.807) is 19.4 Å². The van der Waals surface area contributed by atoms with E-state index in [2.05, 4.69) is 16.9 Å². The van der Waals surface area contributed by atoms with E-state index in [9.17, 15) is 4.79 Å². The lowest BCUT2D eigenvalue weighted by atomic mass is 10.0. The molecule has 1 aromatic heterocycles. The van der Waals surface area contributed by atoms with Gasteiger partial charge in [0, 0.05) is 11.8 Å². The molecule has 1 N–H and O–H groups in total. The van der Waals surface area contributed by atoms with Gasteiger partial charge < -0.3 is 9.84 Å². The largest absolute Gasteiger partial charge is 0.496 e. The molecule has 0 aliphatic heterocycles. The van der Waals surface area contributed by atoms with Crippen LogP contribution in [0.3, 0.4) is 0 Å².